The third-order valence-electron chi connectivity index (χ3n) is 0.129. The van der Waals surface area contributed by atoms with Crippen LogP contribution in [0.2, 0.25) is 0 Å². The summed E-state index contributed by atoms with van der Waals surface area (Å²) >= 11 is 0. The largest absolute Gasteiger partial charge is 0.481 e. The summed E-state index contributed by atoms with van der Waals surface area (Å²) in [4.78, 5) is 27.0. The standard InChI is InChI=1S/C2H7NO.3C2H4O2.H3N/c3-1-2-4;3*1-2(3)4;/h4H,1-3H2;3*1H3,(H,3,4);1H3. The predicted molar refractivity (Wildman–Crippen MR) is 61.1 cm³/mol. The van der Waals surface area contributed by atoms with Crippen LogP contribution in [0.25, 0.3) is 0 Å². The molecule has 0 rings (SSSR count). The molecule has 9 N–H and O–H groups in total. The monoisotopic (exact) mass is 258 g/mol. The SMILES string of the molecule is CC(=O)O.CC(=O)O.CC(=O)O.N.NCCO. The van der Waals surface area contributed by atoms with E-state index in [0.29, 0.717) is 6.54 Å². The highest BCUT2D eigenvalue weighted by molar-refractivity contribution is 5.63. The van der Waals surface area contributed by atoms with E-state index in [1.807, 2.05) is 0 Å². The van der Waals surface area contributed by atoms with E-state index in [0.717, 1.165) is 20.8 Å². The van der Waals surface area contributed by atoms with Crippen molar-refractivity contribution in [3.05, 3.63) is 0 Å². The molecule has 0 aliphatic heterocycles. The Morgan fingerprint density at radius 3 is 0.941 bits per heavy atom. The summed E-state index contributed by atoms with van der Waals surface area (Å²) in [5, 5.41) is 30.0. The molecular formula is C8H22N2O7. The Kier molecular flexibility index (Phi) is 50.7. The molecule has 17 heavy (non-hydrogen) atoms. The molecule has 0 bridgehead atoms. The van der Waals surface area contributed by atoms with Gasteiger partial charge in [0, 0.05) is 27.3 Å². The number of rotatable bonds is 1. The van der Waals surface area contributed by atoms with Gasteiger partial charge in [-0.05, 0) is 0 Å². The van der Waals surface area contributed by atoms with Crippen LogP contribution in [0.5, 0.6) is 0 Å². The molecule has 106 valence electrons. The summed E-state index contributed by atoms with van der Waals surface area (Å²) in [6.45, 7) is 3.72. The maximum Gasteiger partial charge on any atom is 0.300 e. The molecule has 0 amide bonds. The zero-order valence-corrected chi connectivity index (χ0v) is 10.2. The number of nitrogens with two attached hydrogens (primary N) is 1. The van der Waals surface area contributed by atoms with E-state index in [1.54, 1.807) is 0 Å². The van der Waals surface area contributed by atoms with Gasteiger partial charge in [0.05, 0.1) is 6.61 Å². The summed E-state index contributed by atoms with van der Waals surface area (Å²) in [6, 6.07) is 0. The van der Waals surface area contributed by atoms with Crippen LogP contribution >= 0.6 is 0 Å². The number of hydrogen-bond donors (Lipinski definition) is 6. The fraction of sp³-hybridized carbons (Fsp3) is 0.625. The molecule has 9 nitrogen and oxygen atoms in total. The van der Waals surface area contributed by atoms with Crippen molar-refractivity contribution in [1.29, 1.82) is 0 Å². The summed E-state index contributed by atoms with van der Waals surface area (Å²) in [6.07, 6.45) is 0. The molecule has 0 aliphatic rings. The van der Waals surface area contributed by atoms with Crippen LogP contribution in [0.1, 0.15) is 20.8 Å². The highest BCUT2D eigenvalue weighted by Gasteiger charge is 1.66. The van der Waals surface area contributed by atoms with E-state index in [-0.39, 0.29) is 12.8 Å². The lowest BCUT2D eigenvalue weighted by molar-refractivity contribution is -0.135. The molecular weight excluding hydrogens is 236 g/mol. The van der Waals surface area contributed by atoms with E-state index >= 15 is 0 Å². The van der Waals surface area contributed by atoms with Crippen molar-refractivity contribution in [3.63, 3.8) is 0 Å². The first kappa shape index (κ1) is 29.5. The second kappa shape index (κ2) is 29.2. The van der Waals surface area contributed by atoms with Gasteiger partial charge in [-0.25, -0.2) is 0 Å². The van der Waals surface area contributed by atoms with Crippen LogP contribution in [0.4, 0.5) is 0 Å². The van der Waals surface area contributed by atoms with Gasteiger partial charge in [-0.3, -0.25) is 14.4 Å². The van der Waals surface area contributed by atoms with Crippen molar-refractivity contribution in [2.24, 2.45) is 5.73 Å². The Labute approximate surface area is 99.4 Å². The minimum Gasteiger partial charge on any atom is -0.481 e. The molecule has 0 atom stereocenters. The van der Waals surface area contributed by atoms with Gasteiger partial charge in [-0.1, -0.05) is 0 Å². The first-order valence-corrected chi connectivity index (χ1v) is 4.01. The Balaban J connectivity index is -0.0000000369. The predicted octanol–water partition coefficient (Wildman–Crippen LogP) is -0.628. The van der Waals surface area contributed by atoms with Crippen molar-refractivity contribution < 1.29 is 34.8 Å². The van der Waals surface area contributed by atoms with E-state index in [4.69, 9.17) is 40.5 Å². The van der Waals surface area contributed by atoms with Crippen LogP contribution in [0.3, 0.4) is 0 Å². The Hall–Kier alpha value is -1.71. The number of hydrogen-bond acceptors (Lipinski definition) is 6. The number of aliphatic hydroxyl groups excluding tert-OH is 1. The third kappa shape index (κ3) is 4280. The van der Waals surface area contributed by atoms with Gasteiger partial charge >= 0.3 is 0 Å². The van der Waals surface area contributed by atoms with Crippen molar-refractivity contribution in [1.82, 2.24) is 6.15 Å². The number of aliphatic carboxylic acids is 3. The highest BCUT2D eigenvalue weighted by atomic mass is 16.4. The van der Waals surface area contributed by atoms with Crippen molar-refractivity contribution in [2.75, 3.05) is 13.2 Å². The summed E-state index contributed by atoms with van der Waals surface area (Å²) in [7, 11) is 0. The van der Waals surface area contributed by atoms with Crippen LogP contribution < -0.4 is 11.9 Å². The number of carboxylic acids is 3. The fourth-order valence-corrected chi connectivity index (χ4v) is 0. The van der Waals surface area contributed by atoms with Crippen LogP contribution in [0, 0.1) is 0 Å². The molecule has 0 saturated carbocycles. The van der Waals surface area contributed by atoms with Gasteiger partial charge in [0.15, 0.2) is 0 Å². The first-order valence-electron chi connectivity index (χ1n) is 4.01. The smallest absolute Gasteiger partial charge is 0.300 e. The number of carbonyl (C=O) groups is 3. The van der Waals surface area contributed by atoms with E-state index in [1.165, 1.54) is 0 Å². The molecule has 0 aromatic rings. The fourth-order valence-electron chi connectivity index (χ4n) is 0. The van der Waals surface area contributed by atoms with Crippen molar-refractivity contribution in [2.45, 2.75) is 20.8 Å². The molecule has 0 aromatic heterocycles. The molecule has 0 heterocycles. The first-order chi connectivity index (χ1) is 7.11. The number of carboxylic acid groups (broad SMARTS) is 3. The summed E-state index contributed by atoms with van der Waals surface area (Å²) in [5.74, 6) is -2.50. The van der Waals surface area contributed by atoms with Gasteiger partial charge in [-0.15, -0.1) is 0 Å². The quantitative estimate of drug-likeness (QED) is 0.355. The Bertz CT molecular complexity index is 142. The molecule has 0 fully saturated rings. The van der Waals surface area contributed by atoms with Gasteiger partial charge in [0.1, 0.15) is 0 Å². The zero-order valence-electron chi connectivity index (χ0n) is 10.2. The summed E-state index contributed by atoms with van der Waals surface area (Å²) in [5.41, 5.74) is 4.78. The molecule has 0 unspecified atom stereocenters. The average Bonchev–Trinajstić information content (AvgIpc) is 2.00. The maximum atomic E-state index is 9.00. The van der Waals surface area contributed by atoms with Gasteiger partial charge < -0.3 is 32.3 Å². The lowest BCUT2D eigenvalue weighted by atomic mass is 10.8. The minimum absolute atomic E-state index is 0. The van der Waals surface area contributed by atoms with E-state index < -0.39 is 17.9 Å². The molecule has 9 heteroatoms. The van der Waals surface area contributed by atoms with Crippen LogP contribution in [0.15, 0.2) is 0 Å². The second-order valence-corrected chi connectivity index (χ2v) is 2.07. The lowest BCUT2D eigenvalue weighted by Crippen LogP contribution is -2.02. The molecule has 0 aromatic carbocycles. The lowest BCUT2D eigenvalue weighted by Gasteiger charge is -1.71. The van der Waals surface area contributed by atoms with Crippen LogP contribution in [-0.2, 0) is 14.4 Å². The van der Waals surface area contributed by atoms with Crippen molar-refractivity contribution in [3.8, 4) is 0 Å². The van der Waals surface area contributed by atoms with Gasteiger partial charge in [-0.2, -0.15) is 0 Å². The van der Waals surface area contributed by atoms with Crippen LogP contribution in [-0.4, -0.2) is 51.5 Å². The maximum absolute atomic E-state index is 9.00. The van der Waals surface area contributed by atoms with E-state index in [9.17, 15) is 0 Å². The topological polar surface area (TPSA) is 193 Å². The zero-order chi connectivity index (χ0) is 14.1. The Morgan fingerprint density at radius 2 is 0.941 bits per heavy atom. The average molecular weight is 258 g/mol. The molecule has 0 aliphatic carbocycles. The number of aliphatic hydroxyl groups is 1. The van der Waals surface area contributed by atoms with Gasteiger partial charge in [0.25, 0.3) is 17.9 Å². The molecule has 0 radical (unpaired) electrons. The normalized spacial score (nSPS) is 6.18. The van der Waals surface area contributed by atoms with Crippen molar-refractivity contribution >= 4 is 17.9 Å². The summed E-state index contributed by atoms with van der Waals surface area (Å²) < 4.78 is 0. The molecule has 0 saturated heterocycles. The van der Waals surface area contributed by atoms with Gasteiger partial charge in [0.2, 0.25) is 0 Å². The van der Waals surface area contributed by atoms with E-state index in [2.05, 4.69) is 0 Å². The highest BCUT2D eigenvalue weighted by Crippen LogP contribution is 1.42. The Morgan fingerprint density at radius 1 is 0.882 bits per heavy atom. The third-order valence-corrected chi connectivity index (χ3v) is 0.129. The second-order valence-electron chi connectivity index (χ2n) is 2.07. The minimum atomic E-state index is -0.833. The molecule has 0 spiro atoms.